The van der Waals surface area contributed by atoms with E-state index in [1.807, 2.05) is 42.6 Å². The predicted molar refractivity (Wildman–Crippen MR) is 112 cm³/mol. The van der Waals surface area contributed by atoms with Gasteiger partial charge in [-0.3, -0.25) is 4.90 Å². The fourth-order valence-corrected chi connectivity index (χ4v) is 4.21. The average molecular weight is 404 g/mol. The van der Waals surface area contributed by atoms with Crippen molar-refractivity contribution in [2.75, 3.05) is 13.7 Å². The van der Waals surface area contributed by atoms with E-state index in [1.165, 1.54) is 5.56 Å². The topological polar surface area (TPSA) is 64.3 Å². The molecular formula is C22H20N4O2S. The van der Waals surface area contributed by atoms with E-state index in [-0.39, 0.29) is 0 Å². The average Bonchev–Trinajstić information content (AvgIpc) is 3.46. The molecule has 4 heterocycles. The number of fused-ring (bicyclic) bond motifs is 1. The molecule has 0 saturated heterocycles. The summed E-state index contributed by atoms with van der Waals surface area (Å²) in [6.07, 6.45) is 2.88. The van der Waals surface area contributed by atoms with Gasteiger partial charge in [0.25, 0.3) is 0 Å². The lowest BCUT2D eigenvalue weighted by atomic mass is 10.1. The lowest BCUT2D eigenvalue weighted by molar-refractivity contribution is 0.235. The van der Waals surface area contributed by atoms with Crippen LogP contribution in [0.15, 0.2) is 58.6 Å². The molecule has 5 rings (SSSR count). The fraction of sp³-hybridized carbons (Fsp3) is 0.227. The Morgan fingerprint density at radius 3 is 2.90 bits per heavy atom. The summed E-state index contributed by atoms with van der Waals surface area (Å²) >= 11 is 1.67. The highest BCUT2D eigenvalue weighted by atomic mass is 32.1. The highest BCUT2D eigenvalue weighted by Crippen LogP contribution is 2.26. The largest absolute Gasteiger partial charge is 0.497 e. The van der Waals surface area contributed by atoms with Gasteiger partial charge in [-0.1, -0.05) is 11.2 Å². The van der Waals surface area contributed by atoms with Crippen LogP contribution in [0.3, 0.4) is 0 Å². The van der Waals surface area contributed by atoms with E-state index in [1.54, 1.807) is 18.4 Å². The molecule has 1 aromatic carbocycles. The van der Waals surface area contributed by atoms with E-state index < -0.39 is 0 Å². The minimum Gasteiger partial charge on any atom is -0.497 e. The Labute approximate surface area is 172 Å². The van der Waals surface area contributed by atoms with Crippen molar-refractivity contribution in [3.8, 4) is 27.8 Å². The minimum atomic E-state index is 0.742. The molecule has 146 valence electrons. The first-order chi connectivity index (χ1) is 14.3. The molecule has 0 N–H and O–H groups in total. The van der Waals surface area contributed by atoms with Crippen molar-refractivity contribution >= 4 is 11.3 Å². The van der Waals surface area contributed by atoms with Crippen LogP contribution in [0.25, 0.3) is 22.0 Å². The highest BCUT2D eigenvalue weighted by Gasteiger charge is 2.20. The number of nitrogens with zero attached hydrogens (tertiary/aromatic N) is 4. The molecule has 3 aromatic heterocycles. The molecule has 1 aliphatic rings. The van der Waals surface area contributed by atoms with Crippen molar-refractivity contribution in [2.45, 2.75) is 19.5 Å². The van der Waals surface area contributed by atoms with Crippen LogP contribution in [0.1, 0.15) is 17.0 Å². The van der Waals surface area contributed by atoms with E-state index >= 15 is 0 Å². The molecule has 0 bridgehead atoms. The Hall–Kier alpha value is -3.03. The number of ether oxygens (including phenoxy) is 1. The zero-order valence-corrected chi connectivity index (χ0v) is 16.9. The molecule has 1 aliphatic heterocycles. The van der Waals surface area contributed by atoms with Gasteiger partial charge in [-0.2, -0.15) is 0 Å². The van der Waals surface area contributed by atoms with E-state index in [4.69, 9.17) is 14.2 Å². The molecule has 29 heavy (non-hydrogen) atoms. The summed E-state index contributed by atoms with van der Waals surface area (Å²) in [6, 6.07) is 13.9. The lowest BCUT2D eigenvalue weighted by Gasteiger charge is -2.27. The van der Waals surface area contributed by atoms with Crippen molar-refractivity contribution in [1.82, 2.24) is 20.0 Å². The molecule has 0 amide bonds. The summed E-state index contributed by atoms with van der Waals surface area (Å²) in [4.78, 5) is 12.8. The summed E-state index contributed by atoms with van der Waals surface area (Å²) in [5, 5.41) is 6.31. The smallest absolute Gasteiger partial charge is 0.169 e. The van der Waals surface area contributed by atoms with Gasteiger partial charge in [0.05, 0.1) is 23.4 Å². The number of thiophene rings is 1. The predicted octanol–water partition coefficient (Wildman–Crippen LogP) is 4.43. The monoisotopic (exact) mass is 404 g/mol. The maximum Gasteiger partial charge on any atom is 0.169 e. The SMILES string of the molecule is COc1ccc(-c2cc(CN3CCc4nc(-c5cccs5)ncc4C3)no2)cc1. The molecular weight excluding hydrogens is 384 g/mol. The quantitative estimate of drug-likeness (QED) is 0.490. The van der Waals surface area contributed by atoms with Gasteiger partial charge in [0, 0.05) is 49.4 Å². The van der Waals surface area contributed by atoms with E-state index in [0.29, 0.717) is 0 Å². The maximum atomic E-state index is 5.55. The van der Waals surface area contributed by atoms with Crippen molar-refractivity contribution < 1.29 is 9.26 Å². The Morgan fingerprint density at radius 1 is 1.21 bits per heavy atom. The van der Waals surface area contributed by atoms with Crippen molar-refractivity contribution in [1.29, 1.82) is 0 Å². The van der Waals surface area contributed by atoms with Gasteiger partial charge in [-0.15, -0.1) is 11.3 Å². The molecule has 0 aliphatic carbocycles. The Morgan fingerprint density at radius 2 is 2.10 bits per heavy atom. The maximum absolute atomic E-state index is 5.55. The normalized spacial score (nSPS) is 14.0. The molecule has 0 atom stereocenters. The molecule has 0 unspecified atom stereocenters. The molecule has 6 nitrogen and oxygen atoms in total. The zero-order chi connectivity index (χ0) is 19.6. The van der Waals surface area contributed by atoms with E-state index in [9.17, 15) is 0 Å². The van der Waals surface area contributed by atoms with Crippen LogP contribution in [-0.4, -0.2) is 33.7 Å². The van der Waals surface area contributed by atoms with Crippen LogP contribution in [0.2, 0.25) is 0 Å². The zero-order valence-electron chi connectivity index (χ0n) is 16.0. The first-order valence-corrected chi connectivity index (χ1v) is 10.4. The number of rotatable bonds is 5. The Balaban J connectivity index is 1.27. The van der Waals surface area contributed by atoms with Gasteiger partial charge in [0.15, 0.2) is 11.6 Å². The van der Waals surface area contributed by atoms with Crippen molar-refractivity contribution in [3.63, 3.8) is 0 Å². The van der Waals surface area contributed by atoms with Crippen LogP contribution < -0.4 is 4.74 Å². The number of hydrogen-bond acceptors (Lipinski definition) is 7. The first kappa shape index (κ1) is 18.0. The van der Waals surface area contributed by atoms with Crippen LogP contribution >= 0.6 is 11.3 Å². The number of hydrogen-bond donors (Lipinski definition) is 0. The summed E-state index contributed by atoms with van der Waals surface area (Å²) in [6.45, 7) is 2.51. The summed E-state index contributed by atoms with van der Waals surface area (Å²) < 4.78 is 10.8. The van der Waals surface area contributed by atoms with Gasteiger partial charge in [-0.05, 0) is 35.7 Å². The van der Waals surface area contributed by atoms with Gasteiger partial charge in [0.2, 0.25) is 0 Å². The van der Waals surface area contributed by atoms with Gasteiger partial charge >= 0.3 is 0 Å². The lowest BCUT2D eigenvalue weighted by Crippen LogP contribution is -2.31. The van der Waals surface area contributed by atoms with Gasteiger partial charge in [-0.25, -0.2) is 9.97 Å². The Bertz CT molecular complexity index is 1110. The second-order valence-electron chi connectivity index (χ2n) is 7.01. The van der Waals surface area contributed by atoms with Crippen LogP contribution in [-0.2, 0) is 19.5 Å². The van der Waals surface area contributed by atoms with Crippen LogP contribution in [0, 0.1) is 0 Å². The van der Waals surface area contributed by atoms with Crippen molar-refractivity contribution in [2.24, 2.45) is 0 Å². The first-order valence-electron chi connectivity index (χ1n) is 9.49. The molecule has 0 fully saturated rings. The third-order valence-electron chi connectivity index (χ3n) is 5.07. The van der Waals surface area contributed by atoms with Gasteiger partial charge < -0.3 is 9.26 Å². The third-order valence-corrected chi connectivity index (χ3v) is 5.94. The summed E-state index contributed by atoms with van der Waals surface area (Å²) in [5.41, 5.74) is 4.26. The number of aromatic nitrogens is 3. The second-order valence-corrected chi connectivity index (χ2v) is 7.96. The standard InChI is InChI=1S/C22H20N4O2S/c1-27-18-6-4-15(5-7-18)20-11-17(25-28-20)14-26-9-8-19-16(13-26)12-23-22(24-19)21-3-2-10-29-21/h2-7,10-12H,8-9,13-14H2,1H3. The fourth-order valence-electron chi connectivity index (χ4n) is 3.54. The molecule has 0 saturated carbocycles. The summed E-state index contributed by atoms with van der Waals surface area (Å²) in [7, 11) is 1.66. The molecule has 0 radical (unpaired) electrons. The van der Waals surface area contributed by atoms with Crippen molar-refractivity contribution in [3.05, 3.63) is 71.0 Å². The van der Waals surface area contributed by atoms with Crippen LogP contribution in [0.5, 0.6) is 5.75 Å². The molecule has 0 spiro atoms. The Kier molecular flexibility index (Phi) is 4.83. The number of methoxy groups -OCH3 is 1. The van der Waals surface area contributed by atoms with E-state index in [2.05, 4.69) is 26.5 Å². The van der Waals surface area contributed by atoms with Gasteiger partial charge in [0.1, 0.15) is 5.75 Å². The molecule has 4 aromatic rings. The van der Waals surface area contributed by atoms with Crippen LogP contribution in [0.4, 0.5) is 0 Å². The molecule has 7 heteroatoms. The minimum absolute atomic E-state index is 0.742. The van der Waals surface area contributed by atoms with E-state index in [0.717, 1.165) is 65.2 Å². The third kappa shape index (κ3) is 3.79. The highest BCUT2D eigenvalue weighted by molar-refractivity contribution is 7.13. The summed E-state index contributed by atoms with van der Waals surface area (Å²) in [5.74, 6) is 2.42. The number of benzene rings is 1. The second kappa shape index (κ2) is 7.77.